The van der Waals surface area contributed by atoms with Crippen LogP contribution in [0.3, 0.4) is 0 Å². The minimum Gasteiger partial charge on any atom is -0.497 e. The molecule has 0 saturated heterocycles. The molecule has 4 N–H and O–H groups in total. The van der Waals surface area contributed by atoms with Crippen LogP contribution in [0.2, 0.25) is 5.15 Å². The molecule has 0 unspecified atom stereocenters. The first-order valence-corrected chi connectivity index (χ1v) is 33.1. The zero-order valence-corrected chi connectivity index (χ0v) is 62.1. The van der Waals surface area contributed by atoms with E-state index in [-0.39, 0.29) is 50.6 Å². The van der Waals surface area contributed by atoms with Gasteiger partial charge in [-0.1, -0.05) is 26.0 Å². The Morgan fingerprint density at radius 3 is 1.40 bits per heavy atom. The third-order valence-corrected chi connectivity index (χ3v) is 16.8. The number of methoxy groups -OCH3 is 4. The average Bonchev–Trinajstić information content (AvgIpc) is 1.64. The molecule has 12 heterocycles. The summed E-state index contributed by atoms with van der Waals surface area (Å²) in [5.41, 5.74) is 15.8. The van der Waals surface area contributed by atoms with Gasteiger partial charge in [-0.3, -0.25) is 42.4 Å². The molecule has 0 radical (unpaired) electrons. The number of ether oxygens (including phenoxy) is 4. The highest BCUT2D eigenvalue weighted by Gasteiger charge is 2.25. The summed E-state index contributed by atoms with van der Waals surface area (Å²) in [6, 6.07) is 14.8. The summed E-state index contributed by atoms with van der Waals surface area (Å²) in [7, 11) is 17.3. The van der Waals surface area contributed by atoms with E-state index in [0.29, 0.717) is 79.1 Å². The van der Waals surface area contributed by atoms with Gasteiger partial charge in [0, 0.05) is 123 Å². The van der Waals surface area contributed by atoms with Crippen molar-refractivity contribution < 1.29 is 33.3 Å². The number of carbonyl (C=O) groups is 3. The number of halogens is 1. The number of nitrogens with two attached hydrogens (primary N) is 1. The maximum atomic E-state index is 13.2. The Bertz CT molecular complexity index is 5490. The minimum absolute atomic E-state index is 0. The number of hydrogen-bond donors (Lipinski definition) is 3. The molecule has 0 aliphatic carbocycles. The molecule has 0 spiro atoms. The van der Waals surface area contributed by atoms with E-state index in [1.165, 1.54) is 4.68 Å². The van der Waals surface area contributed by atoms with Crippen molar-refractivity contribution in [1.29, 1.82) is 0 Å². The number of imidazole rings is 4. The number of nitrogens with one attached hydrogen (secondary N) is 2. The third kappa shape index (κ3) is 16.3. The van der Waals surface area contributed by atoms with Crippen molar-refractivity contribution in [3.05, 3.63) is 162 Å². The molecule has 0 bridgehead atoms. The molecule has 35 heteroatoms. The van der Waals surface area contributed by atoms with Gasteiger partial charge in [-0.25, -0.2) is 49.8 Å². The van der Waals surface area contributed by atoms with E-state index in [1.807, 2.05) is 139 Å². The van der Waals surface area contributed by atoms with Gasteiger partial charge in [0.15, 0.2) is 34.4 Å². The van der Waals surface area contributed by atoms with Crippen LogP contribution in [0, 0.1) is 28.2 Å². The monoisotopic (exact) mass is 1460 g/mol. The van der Waals surface area contributed by atoms with Crippen molar-refractivity contribution >= 4 is 62.4 Å². The summed E-state index contributed by atoms with van der Waals surface area (Å²) < 4.78 is 37.4. The van der Waals surface area contributed by atoms with Crippen LogP contribution in [0.1, 0.15) is 94.1 Å². The fourth-order valence-electron chi connectivity index (χ4n) is 11.3. The van der Waals surface area contributed by atoms with Gasteiger partial charge in [0.25, 0.3) is 17.7 Å². The number of benzene rings is 2. The van der Waals surface area contributed by atoms with Crippen LogP contribution < -0.4 is 35.3 Å². The van der Waals surface area contributed by atoms with Crippen LogP contribution in [0.5, 0.6) is 23.0 Å². The Balaban J connectivity index is 0.000000170. The lowest BCUT2D eigenvalue weighted by atomic mass is 10.2. The Morgan fingerprint density at radius 1 is 0.528 bits per heavy atom. The van der Waals surface area contributed by atoms with E-state index in [1.54, 1.807) is 102 Å². The number of fused-ring (bicyclic) bond motifs is 3. The molecule has 0 saturated carbocycles. The fraction of sp³-hybridized carbons (Fsp3) is 0.310. The summed E-state index contributed by atoms with van der Waals surface area (Å²) in [6.07, 6.45) is 15.5. The first-order chi connectivity index (χ1) is 49.9. The molecular formula is C71H85ClN27O7-. The van der Waals surface area contributed by atoms with E-state index in [4.69, 9.17) is 46.3 Å². The minimum atomic E-state index is -0.700. The molecule has 2 aromatic carbocycles. The van der Waals surface area contributed by atoms with Crippen molar-refractivity contribution in [3.8, 4) is 74.6 Å². The Morgan fingerprint density at radius 2 is 0.972 bits per heavy atom. The molecule has 12 aromatic heterocycles. The van der Waals surface area contributed by atoms with Crippen molar-refractivity contribution in [2.75, 3.05) is 28.4 Å². The highest BCUT2D eigenvalue weighted by Crippen LogP contribution is 2.32. The summed E-state index contributed by atoms with van der Waals surface area (Å²) in [5.74, 6) is 4.08. The second-order valence-corrected chi connectivity index (χ2v) is 24.1. The fourth-order valence-corrected chi connectivity index (χ4v) is 11.5. The number of amides is 3. The van der Waals surface area contributed by atoms with E-state index in [0.717, 1.165) is 82.1 Å². The highest BCUT2D eigenvalue weighted by atomic mass is 35.5. The molecular weight excluding hydrogens is 1380 g/mol. The average molecular weight is 1460 g/mol. The van der Waals surface area contributed by atoms with Crippen LogP contribution in [-0.2, 0) is 74.9 Å². The largest absolute Gasteiger partial charge is 0.497 e. The molecule has 106 heavy (non-hydrogen) atoms. The summed E-state index contributed by atoms with van der Waals surface area (Å²) >= 11 is 6.10. The van der Waals surface area contributed by atoms with Crippen molar-refractivity contribution in [1.82, 2.24) is 128 Å². The molecule has 0 aliphatic rings. The van der Waals surface area contributed by atoms with Crippen LogP contribution in [0.25, 0.3) is 84.7 Å². The number of rotatable bonds is 19. The van der Waals surface area contributed by atoms with Crippen LogP contribution >= 0.6 is 11.6 Å². The van der Waals surface area contributed by atoms with Gasteiger partial charge < -0.3 is 56.4 Å². The second-order valence-electron chi connectivity index (χ2n) is 23.7. The Labute approximate surface area is 615 Å². The zero-order valence-electron chi connectivity index (χ0n) is 61.3. The molecule has 0 fully saturated rings. The van der Waals surface area contributed by atoms with Crippen LogP contribution in [0.15, 0.2) is 98.2 Å². The maximum Gasteiger partial charge on any atom is 0.289 e. The summed E-state index contributed by atoms with van der Waals surface area (Å²) in [6.45, 7) is 14.0. The number of aryl methyl sites for hydroxylation is 12. The predicted molar refractivity (Wildman–Crippen MR) is 399 cm³/mol. The lowest BCUT2D eigenvalue weighted by Gasteiger charge is -2.11. The SMILES string of the molecule is C.CCc1nc(C)cn1-c1cn(C)cn1.CCn1nc(C)cc1-c1cn(C)c(-c2nc(C(=O)NCc3ccc(OC)cc3OC)nc3c2cnn3C)n1.CCn1nc(C)cc1-c1cn(C)c(-c2nc(C(N)=O)nc3c2cnn3C)n1.COc1ccc(CNC(=O)c2nc(Cl)c3cnn(C)c3n2)c(OC)c1.[CH3-]. The first kappa shape index (κ1) is 77.4. The smallest absolute Gasteiger partial charge is 0.289 e. The number of nitrogens with zero attached hydrogens (tertiary/aromatic N) is 24. The second kappa shape index (κ2) is 33.1. The normalized spacial score (nSPS) is 10.9. The van der Waals surface area contributed by atoms with Gasteiger partial charge in [0.1, 0.15) is 56.8 Å². The molecule has 14 rings (SSSR count). The van der Waals surface area contributed by atoms with Gasteiger partial charge in [0.05, 0.1) is 98.0 Å². The van der Waals surface area contributed by atoms with Gasteiger partial charge in [0.2, 0.25) is 17.5 Å². The Hall–Kier alpha value is -12.8. The molecule has 0 atom stereocenters. The standard InChI is InChI=1S/C26H29N9O3.C17H19N9O.C16H16ClN5O3.C10H14N4.CH4.CH3/c1-7-35-20(10-15(2)32-35)19-14-33(3)25(29-19)22-18-13-28-34(4)24(18)31-23(30-22)26(36)27-12-16-8-9-17(37-5)11-21(16)38-6;1-5-26-12(6-9(2)23-26)11-8-24(3)17(20-11)13-10-7-19-25(4)16(10)22-15(21-13)14(18)27;1-22-15-11(8-19-22)13(17)20-14(21-15)16(23)18-7-9-4-5-10(24-2)6-12(9)25-3;1-4-9-12-8(2)5-14(9)10-6-13(3)7-11-10;;/h8-11,13-14H,7,12H2,1-6H3,(H,27,36);6-8H,5H2,1-4H3,(H2,18,27);4-6,8H,7H2,1-3H3,(H,18,23);5-7H,4H2,1-3H3;1H4;1H3/q;;;;;-1. The van der Waals surface area contributed by atoms with Gasteiger partial charge in [-0.15, -0.1) is 0 Å². The highest BCUT2D eigenvalue weighted by molar-refractivity contribution is 6.34. The lowest BCUT2D eigenvalue weighted by molar-refractivity contribution is 0.0932. The third-order valence-electron chi connectivity index (χ3n) is 16.5. The van der Waals surface area contributed by atoms with Crippen molar-refractivity contribution in [2.24, 2.45) is 48.0 Å². The Kier molecular flexibility index (Phi) is 24.2. The molecule has 3 amide bonds. The van der Waals surface area contributed by atoms with E-state index in [2.05, 4.69) is 82.9 Å². The summed E-state index contributed by atoms with van der Waals surface area (Å²) in [5, 5.41) is 29.5. The van der Waals surface area contributed by atoms with E-state index < -0.39 is 17.7 Å². The number of hydrogen-bond acceptors (Lipinski definition) is 22. The topological polar surface area (TPSA) is 376 Å². The molecule has 0 aliphatic heterocycles. The van der Waals surface area contributed by atoms with Gasteiger partial charge >= 0.3 is 0 Å². The van der Waals surface area contributed by atoms with Crippen molar-refractivity contribution in [3.63, 3.8) is 0 Å². The predicted octanol–water partition coefficient (Wildman–Crippen LogP) is 8.48. The van der Waals surface area contributed by atoms with E-state index in [9.17, 15) is 14.4 Å². The molecule has 554 valence electrons. The van der Waals surface area contributed by atoms with Gasteiger partial charge in [-0.05, 0) is 71.0 Å². The zero-order chi connectivity index (χ0) is 74.4. The van der Waals surface area contributed by atoms with Crippen LogP contribution in [-0.4, -0.2) is 163 Å². The first-order valence-electron chi connectivity index (χ1n) is 32.7. The quantitative estimate of drug-likeness (QED) is 0.0504. The summed E-state index contributed by atoms with van der Waals surface area (Å²) in [4.78, 5) is 81.6. The van der Waals surface area contributed by atoms with Crippen LogP contribution in [0.4, 0.5) is 0 Å². The number of aromatic nitrogens is 24. The lowest BCUT2D eigenvalue weighted by Crippen LogP contribution is -2.25. The maximum absolute atomic E-state index is 13.2. The van der Waals surface area contributed by atoms with Crippen molar-refractivity contribution in [2.45, 2.75) is 81.6 Å². The number of primary amides is 1. The molecule has 34 nitrogen and oxygen atoms in total. The van der Waals surface area contributed by atoms with Gasteiger partial charge in [-0.2, -0.15) is 25.5 Å². The number of carbonyl (C=O) groups excluding carboxylic acids is 3. The molecule has 14 aromatic rings. The van der Waals surface area contributed by atoms with E-state index >= 15 is 0 Å².